The number of aromatic nitrogens is 2. The number of benzene rings is 1. The van der Waals surface area contributed by atoms with Crippen LogP contribution in [0.5, 0.6) is 0 Å². The van der Waals surface area contributed by atoms with E-state index in [0.717, 1.165) is 0 Å². The van der Waals surface area contributed by atoms with Crippen molar-refractivity contribution in [3.8, 4) is 0 Å². The number of hydrogen-bond acceptors (Lipinski definition) is 3. The second-order valence-electron chi connectivity index (χ2n) is 5.67. The highest BCUT2D eigenvalue weighted by molar-refractivity contribution is 6.31. The van der Waals surface area contributed by atoms with E-state index in [2.05, 4.69) is 5.10 Å². The first-order valence-corrected chi connectivity index (χ1v) is 7.85. The van der Waals surface area contributed by atoms with Crippen LogP contribution in [0.15, 0.2) is 30.6 Å². The number of likely N-dealkylation sites (tertiary alicyclic amines) is 1. The van der Waals surface area contributed by atoms with Gasteiger partial charge in [0, 0.05) is 24.8 Å². The van der Waals surface area contributed by atoms with E-state index >= 15 is 0 Å². The van der Waals surface area contributed by atoms with E-state index in [1.54, 1.807) is 9.58 Å². The Morgan fingerprint density at radius 1 is 1.25 bits per heavy atom. The van der Waals surface area contributed by atoms with Crippen molar-refractivity contribution in [2.75, 3.05) is 13.1 Å². The molecule has 1 saturated heterocycles. The summed E-state index contributed by atoms with van der Waals surface area (Å²) in [6, 6.07) is 3.98. The van der Waals surface area contributed by atoms with Gasteiger partial charge in [0.25, 0.3) is 5.91 Å². The van der Waals surface area contributed by atoms with Crippen LogP contribution in [-0.2, 0) is 0 Å². The minimum atomic E-state index is -1.01. The molecule has 6 nitrogen and oxygen atoms in total. The third-order valence-corrected chi connectivity index (χ3v) is 4.43. The van der Waals surface area contributed by atoms with Crippen LogP contribution in [0.1, 0.15) is 39.6 Å². The first-order valence-electron chi connectivity index (χ1n) is 7.47. The van der Waals surface area contributed by atoms with Gasteiger partial charge in [0.15, 0.2) is 0 Å². The summed E-state index contributed by atoms with van der Waals surface area (Å²) in [4.78, 5) is 25.0. The molecule has 2 aromatic rings. The predicted octanol–water partition coefficient (Wildman–Crippen LogP) is 2.85. The third kappa shape index (κ3) is 3.26. The summed E-state index contributed by atoms with van der Waals surface area (Å²) in [7, 11) is 0. The Bertz CT molecular complexity index is 785. The Balaban J connectivity index is 1.64. The van der Waals surface area contributed by atoms with Crippen LogP contribution >= 0.6 is 11.6 Å². The van der Waals surface area contributed by atoms with Gasteiger partial charge < -0.3 is 10.0 Å². The van der Waals surface area contributed by atoms with Gasteiger partial charge in [-0.05, 0) is 31.0 Å². The molecule has 8 heteroatoms. The second kappa shape index (κ2) is 6.60. The van der Waals surface area contributed by atoms with E-state index in [-0.39, 0.29) is 22.5 Å². The number of carboxylic acid groups (broad SMARTS) is 1. The summed E-state index contributed by atoms with van der Waals surface area (Å²) in [5.74, 6) is -1.76. The molecular formula is C16H15ClFN3O3. The molecule has 0 bridgehead atoms. The highest BCUT2D eigenvalue weighted by atomic mass is 35.5. The lowest BCUT2D eigenvalue weighted by molar-refractivity contribution is 0.0688. The van der Waals surface area contributed by atoms with E-state index in [1.807, 2.05) is 0 Å². The highest BCUT2D eigenvalue weighted by Gasteiger charge is 2.25. The number of rotatable bonds is 3. The number of carbonyl (C=O) groups is 2. The Morgan fingerprint density at radius 2 is 1.96 bits per heavy atom. The van der Waals surface area contributed by atoms with Gasteiger partial charge in [0.2, 0.25) is 0 Å². The van der Waals surface area contributed by atoms with E-state index < -0.39 is 11.8 Å². The molecule has 0 aliphatic carbocycles. The molecule has 24 heavy (non-hydrogen) atoms. The molecule has 1 fully saturated rings. The van der Waals surface area contributed by atoms with E-state index in [9.17, 15) is 14.0 Å². The molecule has 2 heterocycles. The standard InChI is InChI=1S/C16H15ClFN3O3/c17-13-7-10(1-2-14(13)18)15(22)20-5-3-12(4-6-20)21-9-11(8-19-21)16(23)24/h1-2,7-9,12H,3-6H2,(H,23,24). The Hall–Kier alpha value is -2.41. The fraction of sp³-hybridized carbons (Fsp3) is 0.312. The Kier molecular flexibility index (Phi) is 4.53. The zero-order valence-corrected chi connectivity index (χ0v) is 13.4. The Labute approximate surface area is 142 Å². The number of hydrogen-bond donors (Lipinski definition) is 1. The van der Waals surface area contributed by atoms with Crippen LogP contribution in [0.3, 0.4) is 0 Å². The van der Waals surface area contributed by atoms with Gasteiger partial charge in [-0.15, -0.1) is 0 Å². The lowest BCUT2D eigenvalue weighted by atomic mass is 10.0. The lowest BCUT2D eigenvalue weighted by Gasteiger charge is -2.32. The maximum Gasteiger partial charge on any atom is 0.338 e. The van der Waals surface area contributed by atoms with Crippen molar-refractivity contribution in [2.24, 2.45) is 0 Å². The van der Waals surface area contributed by atoms with Gasteiger partial charge in [0.05, 0.1) is 22.8 Å². The molecule has 0 saturated carbocycles. The summed E-state index contributed by atoms with van der Waals surface area (Å²) >= 11 is 5.72. The van der Waals surface area contributed by atoms with E-state index in [0.29, 0.717) is 31.5 Å². The van der Waals surface area contributed by atoms with Crippen LogP contribution < -0.4 is 0 Å². The number of nitrogens with zero attached hydrogens (tertiary/aromatic N) is 3. The third-order valence-electron chi connectivity index (χ3n) is 4.14. The molecule has 3 rings (SSSR count). The number of carboxylic acids is 1. The van der Waals surface area contributed by atoms with Gasteiger partial charge in [-0.3, -0.25) is 9.48 Å². The number of amides is 1. The molecule has 1 amide bonds. The van der Waals surface area contributed by atoms with Gasteiger partial charge in [-0.1, -0.05) is 11.6 Å². The molecule has 0 unspecified atom stereocenters. The van der Waals surface area contributed by atoms with Gasteiger partial charge >= 0.3 is 5.97 Å². The molecule has 126 valence electrons. The van der Waals surface area contributed by atoms with Crippen molar-refractivity contribution in [2.45, 2.75) is 18.9 Å². The predicted molar refractivity (Wildman–Crippen MR) is 84.8 cm³/mol. The summed E-state index contributed by atoms with van der Waals surface area (Å²) < 4.78 is 14.8. The molecule has 0 radical (unpaired) electrons. The van der Waals surface area contributed by atoms with Crippen LogP contribution in [0, 0.1) is 5.82 Å². The largest absolute Gasteiger partial charge is 0.478 e. The summed E-state index contributed by atoms with van der Waals surface area (Å²) in [5, 5.41) is 12.9. The molecule has 1 aliphatic rings. The topological polar surface area (TPSA) is 75.4 Å². The molecule has 0 atom stereocenters. The molecule has 0 spiro atoms. The van der Waals surface area contributed by atoms with Crippen LogP contribution in [0.2, 0.25) is 5.02 Å². The average molecular weight is 352 g/mol. The highest BCUT2D eigenvalue weighted by Crippen LogP contribution is 2.24. The zero-order valence-electron chi connectivity index (χ0n) is 12.7. The average Bonchev–Trinajstić information content (AvgIpc) is 3.07. The summed E-state index contributed by atoms with van der Waals surface area (Å²) in [6.07, 6.45) is 4.16. The fourth-order valence-corrected chi connectivity index (χ4v) is 2.97. The molecule has 1 N–H and O–H groups in total. The van der Waals surface area contributed by atoms with E-state index in [1.165, 1.54) is 30.6 Å². The normalized spacial score (nSPS) is 15.5. The van der Waals surface area contributed by atoms with Crippen LogP contribution in [0.4, 0.5) is 4.39 Å². The smallest absolute Gasteiger partial charge is 0.338 e. The van der Waals surface area contributed by atoms with Gasteiger partial charge in [-0.2, -0.15) is 5.10 Å². The first kappa shape index (κ1) is 16.4. The van der Waals surface area contributed by atoms with Crippen molar-refractivity contribution in [3.63, 3.8) is 0 Å². The summed E-state index contributed by atoms with van der Waals surface area (Å²) in [5.41, 5.74) is 0.501. The quantitative estimate of drug-likeness (QED) is 0.922. The molecule has 1 aromatic heterocycles. The fourth-order valence-electron chi connectivity index (χ4n) is 2.79. The zero-order chi connectivity index (χ0) is 17.3. The van der Waals surface area contributed by atoms with Crippen LogP contribution in [0.25, 0.3) is 0 Å². The minimum absolute atomic E-state index is 0.0546. The number of halogens is 2. The molecule has 1 aliphatic heterocycles. The first-order chi connectivity index (χ1) is 11.5. The SMILES string of the molecule is O=C(O)c1cnn(C2CCN(C(=O)c3ccc(F)c(Cl)c3)CC2)c1. The van der Waals surface area contributed by atoms with Crippen molar-refractivity contribution < 1.29 is 19.1 Å². The van der Waals surface area contributed by atoms with Crippen molar-refractivity contribution in [1.82, 2.24) is 14.7 Å². The maximum absolute atomic E-state index is 13.2. The monoisotopic (exact) mass is 351 g/mol. The minimum Gasteiger partial charge on any atom is -0.478 e. The van der Waals surface area contributed by atoms with Crippen molar-refractivity contribution in [3.05, 3.63) is 52.6 Å². The lowest BCUT2D eigenvalue weighted by Crippen LogP contribution is -2.39. The number of carbonyl (C=O) groups excluding carboxylic acids is 1. The van der Waals surface area contributed by atoms with Crippen LogP contribution in [-0.4, -0.2) is 44.8 Å². The number of aromatic carboxylic acids is 1. The van der Waals surface area contributed by atoms with E-state index in [4.69, 9.17) is 16.7 Å². The van der Waals surface area contributed by atoms with Gasteiger partial charge in [0.1, 0.15) is 5.82 Å². The second-order valence-corrected chi connectivity index (χ2v) is 6.07. The van der Waals surface area contributed by atoms with Crippen molar-refractivity contribution >= 4 is 23.5 Å². The molecule has 1 aromatic carbocycles. The number of piperidine rings is 1. The Morgan fingerprint density at radius 3 is 2.54 bits per heavy atom. The summed E-state index contributed by atoms with van der Waals surface area (Å²) in [6.45, 7) is 1.03. The maximum atomic E-state index is 13.2. The van der Waals surface area contributed by atoms with Gasteiger partial charge in [-0.25, -0.2) is 9.18 Å². The molecular weight excluding hydrogens is 337 g/mol. The van der Waals surface area contributed by atoms with Crippen molar-refractivity contribution in [1.29, 1.82) is 0 Å².